The van der Waals surface area contributed by atoms with Crippen molar-refractivity contribution in [3.05, 3.63) is 119 Å². The molecule has 9 heteroatoms. The Morgan fingerprint density at radius 3 is 2.35 bits per heavy atom. The molecule has 258 valence electrons. The SMILES string of the molecule is COc1ccccc1SC[C@@H]1C[C@H](c2ccc(CO)cc2)O[C@H](c2ccc(-c3ccccc3CNC(=O)CCCCCNC(C)=O)cc2)O1. The fourth-order valence-corrected chi connectivity index (χ4v) is 6.90. The van der Waals surface area contributed by atoms with E-state index in [2.05, 4.69) is 47.0 Å². The minimum absolute atomic E-state index is 0.000311. The molecule has 1 saturated heterocycles. The molecular formula is C40H46N2O6S. The third-order valence-corrected chi connectivity index (χ3v) is 9.74. The van der Waals surface area contributed by atoms with E-state index in [0.29, 0.717) is 25.9 Å². The molecule has 0 aliphatic carbocycles. The second-order valence-corrected chi connectivity index (χ2v) is 13.2. The van der Waals surface area contributed by atoms with Crippen LogP contribution in [0.1, 0.15) is 73.7 Å². The Labute approximate surface area is 293 Å². The van der Waals surface area contributed by atoms with Gasteiger partial charge in [-0.05, 0) is 52.8 Å². The van der Waals surface area contributed by atoms with Crippen LogP contribution >= 0.6 is 11.8 Å². The molecule has 0 radical (unpaired) electrons. The Morgan fingerprint density at radius 1 is 0.857 bits per heavy atom. The highest BCUT2D eigenvalue weighted by molar-refractivity contribution is 7.99. The van der Waals surface area contributed by atoms with Gasteiger partial charge in [0.15, 0.2) is 6.29 Å². The highest BCUT2D eigenvalue weighted by Crippen LogP contribution is 2.41. The third kappa shape index (κ3) is 10.7. The Bertz CT molecular complexity index is 1650. The lowest BCUT2D eigenvalue weighted by Crippen LogP contribution is -2.31. The smallest absolute Gasteiger partial charge is 0.220 e. The number of carbonyl (C=O) groups excluding carboxylic acids is 2. The summed E-state index contributed by atoms with van der Waals surface area (Å²) in [5, 5.41) is 15.4. The van der Waals surface area contributed by atoms with E-state index in [1.165, 1.54) is 6.92 Å². The summed E-state index contributed by atoms with van der Waals surface area (Å²) in [7, 11) is 1.69. The largest absolute Gasteiger partial charge is 0.496 e. The number of aliphatic hydroxyl groups excluding tert-OH is 1. The summed E-state index contributed by atoms with van der Waals surface area (Å²) in [6, 6.07) is 32.3. The molecule has 0 unspecified atom stereocenters. The number of benzene rings is 4. The number of rotatable bonds is 16. The first-order chi connectivity index (χ1) is 23.9. The molecule has 8 nitrogen and oxygen atoms in total. The summed E-state index contributed by atoms with van der Waals surface area (Å²) in [6.07, 6.45) is 2.91. The van der Waals surface area contributed by atoms with Crippen LogP contribution < -0.4 is 15.4 Å². The molecule has 3 atom stereocenters. The van der Waals surface area contributed by atoms with Crippen LogP contribution in [0, 0.1) is 0 Å². The number of thioether (sulfide) groups is 1. The quantitative estimate of drug-likeness (QED) is 0.0830. The Morgan fingerprint density at radius 2 is 1.59 bits per heavy atom. The summed E-state index contributed by atoms with van der Waals surface area (Å²) < 4.78 is 18.7. The molecule has 4 aromatic carbocycles. The molecule has 5 rings (SSSR count). The minimum atomic E-state index is -0.554. The van der Waals surface area contributed by atoms with Crippen molar-refractivity contribution in [3.63, 3.8) is 0 Å². The fourth-order valence-electron chi connectivity index (χ4n) is 5.85. The van der Waals surface area contributed by atoms with Crippen molar-refractivity contribution in [1.29, 1.82) is 0 Å². The molecule has 3 N–H and O–H groups in total. The Balaban J connectivity index is 1.24. The van der Waals surface area contributed by atoms with Crippen molar-refractivity contribution in [2.24, 2.45) is 0 Å². The van der Waals surface area contributed by atoms with E-state index in [0.717, 1.165) is 69.0 Å². The van der Waals surface area contributed by atoms with Crippen LogP contribution in [0.4, 0.5) is 0 Å². The second kappa shape index (κ2) is 18.6. The number of ether oxygens (including phenoxy) is 3. The van der Waals surface area contributed by atoms with Gasteiger partial charge in [-0.3, -0.25) is 9.59 Å². The number of unbranched alkanes of at least 4 members (excludes halogenated alkanes) is 2. The highest BCUT2D eigenvalue weighted by atomic mass is 32.2. The molecule has 1 fully saturated rings. The van der Waals surface area contributed by atoms with Gasteiger partial charge in [0.1, 0.15) is 5.75 Å². The summed E-state index contributed by atoms with van der Waals surface area (Å²) >= 11 is 1.71. The van der Waals surface area contributed by atoms with E-state index in [-0.39, 0.29) is 30.6 Å². The van der Waals surface area contributed by atoms with Gasteiger partial charge in [-0.1, -0.05) is 91.3 Å². The molecule has 4 aromatic rings. The Kier molecular flexibility index (Phi) is 13.7. The molecule has 1 aliphatic rings. The van der Waals surface area contributed by atoms with Crippen molar-refractivity contribution >= 4 is 23.6 Å². The zero-order valence-electron chi connectivity index (χ0n) is 28.2. The van der Waals surface area contributed by atoms with E-state index < -0.39 is 6.29 Å². The van der Waals surface area contributed by atoms with Gasteiger partial charge in [0.05, 0.1) is 25.9 Å². The van der Waals surface area contributed by atoms with Gasteiger partial charge in [0, 0.05) is 49.1 Å². The van der Waals surface area contributed by atoms with Crippen LogP contribution in [0.15, 0.2) is 102 Å². The van der Waals surface area contributed by atoms with Crippen LogP contribution in [0.3, 0.4) is 0 Å². The molecule has 49 heavy (non-hydrogen) atoms. The molecule has 2 amide bonds. The van der Waals surface area contributed by atoms with E-state index in [4.69, 9.17) is 14.2 Å². The molecule has 0 spiro atoms. The number of carbonyl (C=O) groups is 2. The average molecular weight is 683 g/mol. The van der Waals surface area contributed by atoms with E-state index >= 15 is 0 Å². The van der Waals surface area contributed by atoms with Crippen molar-refractivity contribution in [2.75, 3.05) is 19.4 Å². The number of methoxy groups -OCH3 is 1. The monoisotopic (exact) mass is 682 g/mol. The van der Waals surface area contributed by atoms with Gasteiger partial charge < -0.3 is 30.0 Å². The van der Waals surface area contributed by atoms with E-state index in [9.17, 15) is 14.7 Å². The van der Waals surface area contributed by atoms with Crippen molar-refractivity contribution in [3.8, 4) is 16.9 Å². The van der Waals surface area contributed by atoms with Crippen LogP contribution in [0.25, 0.3) is 11.1 Å². The fraction of sp³-hybridized carbons (Fsp3) is 0.350. The third-order valence-electron chi connectivity index (χ3n) is 8.55. The lowest BCUT2D eigenvalue weighted by molar-refractivity contribution is -0.245. The summed E-state index contributed by atoms with van der Waals surface area (Å²) in [6.45, 7) is 2.60. The zero-order chi connectivity index (χ0) is 34.4. The number of para-hydroxylation sites is 1. The summed E-state index contributed by atoms with van der Waals surface area (Å²) in [4.78, 5) is 24.6. The molecule has 0 saturated carbocycles. The first-order valence-corrected chi connectivity index (χ1v) is 17.9. The maximum absolute atomic E-state index is 12.5. The predicted octanol–water partition coefficient (Wildman–Crippen LogP) is 7.50. The van der Waals surface area contributed by atoms with Crippen molar-refractivity contribution < 1.29 is 28.9 Å². The normalized spacial score (nSPS) is 17.3. The van der Waals surface area contributed by atoms with Gasteiger partial charge in [0.25, 0.3) is 0 Å². The zero-order valence-corrected chi connectivity index (χ0v) is 29.0. The van der Waals surface area contributed by atoms with E-state index in [1.54, 1.807) is 18.9 Å². The van der Waals surface area contributed by atoms with Crippen LogP contribution in [-0.2, 0) is 32.2 Å². The number of amides is 2. The van der Waals surface area contributed by atoms with Crippen LogP contribution in [0.2, 0.25) is 0 Å². The van der Waals surface area contributed by atoms with Gasteiger partial charge in [-0.25, -0.2) is 0 Å². The van der Waals surface area contributed by atoms with Crippen molar-refractivity contribution in [2.45, 2.75) is 75.6 Å². The highest BCUT2D eigenvalue weighted by Gasteiger charge is 2.32. The van der Waals surface area contributed by atoms with Gasteiger partial charge >= 0.3 is 0 Å². The number of hydrogen-bond donors (Lipinski definition) is 3. The van der Waals surface area contributed by atoms with Gasteiger partial charge in [0.2, 0.25) is 11.8 Å². The number of nitrogens with one attached hydrogen (secondary N) is 2. The number of hydrogen-bond acceptors (Lipinski definition) is 7. The first kappa shape index (κ1) is 36.1. The predicted molar refractivity (Wildman–Crippen MR) is 193 cm³/mol. The maximum atomic E-state index is 12.5. The second-order valence-electron chi connectivity index (χ2n) is 12.2. The summed E-state index contributed by atoms with van der Waals surface area (Å²) in [5.74, 6) is 1.58. The maximum Gasteiger partial charge on any atom is 0.220 e. The molecule has 0 bridgehead atoms. The lowest BCUT2D eigenvalue weighted by Gasteiger charge is -2.36. The van der Waals surface area contributed by atoms with E-state index in [1.807, 2.05) is 60.7 Å². The van der Waals surface area contributed by atoms with Crippen LogP contribution in [-0.4, -0.2) is 42.4 Å². The van der Waals surface area contributed by atoms with Crippen LogP contribution in [0.5, 0.6) is 5.75 Å². The number of aliphatic hydroxyl groups is 1. The van der Waals surface area contributed by atoms with Crippen molar-refractivity contribution in [1.82, 2.24) is 10.6 Å². The molecule has 0 aromatic heterocycles. The lowest BCUT2D eigenvalue weighted by atomic mass is 9.97. The Hall–Kier alpha value is -4.15. The summed E-state index contributed by atoms with van der Waals surface area (Å²) in [5.41, 5.74) is 5.98. The standard InChI is InChI=1S/C40H46N2O6S/c1-28(44)41-23-9-3-4-14-39(45)42-25-33-10-5-6-11-35(33)30-19-21-32(22-20-30)40-47-34(27-49-38-13-8-7-12-36(38)46-2)24-37(48-40)31-17-15-29(26-43)16-18-31/h5-8,10-13,15-22,34,37,40,43H,3-4,9,14,23-27H2,1-2H3,(H,41,44)(H,42,45)/t34-,37+,40+/m0/s1. The topological polar surface area (TPSA) is 106 Å². The molecular weight excluding hydrogens is 637 g/mol. The van der Waals surface area contributed by atoms with Gasteiger partial charge in [-0.2, -0.15) is 0 Å². The average Bonchev–Trinajstić information content (AvgIpc) is 3.14. The molecule has 1 heterocycles. The van der Waals surface area contributed by atoms with Gasteiger partial charge in [-0.15, -0.1) is 11.8 Å². The molecule has 1 aliphatic heterocycles. The minimum Gasteiger partial charge on any atom is -0.496 e. The first-order valence-electron chi connectivity index (χ1n) is 16.9.